The molecule has 0 atom stereocenters. The Bertz CT molecular complexity index is 1310. The maximum Gasteiger partial charge on any atom is 0.323 e. The van der Waals surface area contributed by atoms with E-state index < -0.39 is 16.1 Å². The zero-order chi connectivity index (χ0) is 21.0. The number of hydrogen-bond acceptors (Lipinski definition) is 3. The molecule has 0 saturated carbocycles. The number of carbonyl (C=O) groups excluding carboxylic acids is 1. The number of anilines is 3. The van der Waals surface area contributed by atoms with Crippen molar-refractivity contribution in [3.8, 4) is 0 Å². The highest BCUT2D eigenvalue weighted by molar-refractivity contribution is 7.92. The Hall–Kier alpha value is -3.84. The largest absolute Gasteiger partial charge is 0.323 e. The summed E-state index contributed by atoms with van der Waals surface area (Å²) in [5, 5.41) is 7.17. The Morgan fingerprint density at radius 1 is 0.633 bits per heavy atom. The van der Waals surface area contributed by atoms with Crippen molar-refractivity contribution in [2.24, 2.45) is 0 Å². The van der Waals surface area contributed by atoms with E-state index in [1.807, 2.05) is 30.3 Å². The number of urea groups is 1. The molecule has 0 bridgehead atoms. The first-order valence-electron chi connectivity index (χ1n) is 9.25. The number of hydrogen-bond donors (Lipinski definition) is 3. The van der Waals surface area contributed by atoms with E-state index in [1.165, 1.54) is 0 Å². The molecule has 150 valence electrons. The number of sulfonamides is 1. The second-order valence-corrected chi connectivity index (χ2v) is 8.29. The lowest BCUT2D eigenvalue weighted by atomic mass is 10.1. The fraction of sp³-hybridized carbons (Fsp3) is 0. The highest BCUT2D eigenvalue weighted by Crippen LogP contribution is 2.26. The van der Waals surface area contributed by atoms with Gasteiger partial charge in [-0.05, 0) is 47.2 Å². The molecule has 3 N–H and O–H groups in total. The van der Waals surface area contributed by atoms with Crippen LogP contribution in [0.25, 0.3) is 10.8 Å². The van der Waals surface area contributed by atoms with Crippen molar-refractivity contribution in [1.29, 1.82) is 0 Å². The normalized spacial score (nSPS) is 11.1. The van der Waals surface area contributed by atoms with Gasteiger partial charge in [-0.15, -0.1) is 0 Å². The number of amides is 2. The summed E-state index contributed by atoms with van der Waals surface area (Å²) in [5.74, 6) is 0. The van der Waals surface area contributed by atoms with Crippen LogP contribution in [0, 0.1) is 0 Å². The van der Waals surface area contributed by atoms with E-state index in [0.717, 1.165) is 10.8 Å². The van der Waals surface area contributed by atoms with Crippen molar-refractivity contribution >= 4 is 43.9 Å². The molecule has 0 spiro atoms. The third-order valence-electron chi connectivity index (χ3n) is 4.48. The average molecular weight is 417 g/mol. The van der Waals surface area contributed by atoms with Gasteiger partial charge >= 0.3 is 6.03 Å². The lowest BCUT2D eigenvalue weighted by molar-refractivity contribution is 0.262. The number of benzene rings is 4. The number of para-hydroxylation sites is 3. The summed E-state index contributed by atoms with van der Waals surface area (Å²) in [7, 11) is -3.84. The van der Waals surface area contributed by atoms with Crippen LogP contribution in [0.5, 0.6) is 0 Å². The number of carbonyl (C=O) groups is 1. The van der Waals surface area contributed by atoms with Crippen LogP contribution in [-0.4, -0.2) is 14.4 Å². The minimum absolute atomic E-state index is 0.143. The Balaban J connectivity index is 1.56. The molecule has 0 fully saturated rings. The molecule has 0 heterocycles. The second-order valence-electron chi connectivity index (χ2n) is 6.61. The molecule has 0 saturated heterocycles. The predicted molar refractivity (Wildman–Crippen MR) is 120 cm³/mol. The summed E-state index contributed by atoms with van der Waals surface area (Å²) in [6.45, 7) is 0. The molecule has 6 nitrogen and oxygen atoms in total. The molecule has 0 aliphatic heterocycles. The number of nitrogens with one attached hydrogen (secondary N) is 3. The van der Waals surface area contributed by atoms with Gasteiger partial charge in [0.05, 0.1) is 16.3 Å². The molecule has 4 aromatic rings. The summed E-state index contributed by atoms with van der Waals surface area (Å²) in [6, 6.07) is 27.6. The Kier molecular flexibility index (Phi) is 5.36. The Labute approximate surface area is 174 Å². The molecular formula is C23H19N3O3S. The standard InChI is InChI=1S/C23H19N3O3S/c27-23(24-19-10-2-1-3-11-19)25-21-12-6-7-13-22(21)26-30(28,29)20-15-14-17-8-4-5-9-18(17)16-20/h1-16,26H,(H2,24,25,27). The first-order chi connectivity index (χ1) is 14.5. The van der Waals surface area contributed by atoms with Gasteiger partial charge in [0.15, 0.2) is 0 Å². The van der Waals surface area contributed by atoms with E-state index in [4.69, 9.17) is 0 Å². The highest BCUT2D eigenvalue weighted by atomic mass is 32.2. The van der Waals surface area contributed by atoms with Crippen LogP contribution >= 0.6 is 0 Å². The molecule has 0 radical (unpaired) electrons. The van der Waals surface area contributed by atoms with Crippen molar-refractivity contribution in [3.63, 3.8) is 0 Å². The van der Waals surface area contributed by atoms with Crippen LogP contribution < -0.4 is 15.4 Å². The van der Waals surface area contributed by atoms with Crippen LogP contribution in [-0.2, 0) is 10.0 Å². The molecular weight excluding hydrogens is 398 g/mol. The maximum absolute atomic E-state index is 12.9. The first-order valence-corrected chi connectivity index (χ1v) is 10.7. The predicted octanol–water partition coefficient (Wildman–Crippen LogP) is 5.28. The Morgan fingerprint density at radius 2 is 1.27 bits per heavy atom. The summed E-state index contributed by atoms with van der Waals surface area (Å²) in [6.07, 6.45) is 0. The molecule has 0 aliphatic carbocycles. The van der Waals surface area contributed by atoms with Crippen LogP contribution in [0.3, 0.4) is 0 Å². The summed E-state index contributed by atoms with van der Waals surface area (Å²) in [5.41, 5.74) is 1.24. The maximum atomic E-state index is 12.9. The van der Waals surface area contributed by atoms with Gasteiger partial charge < -0.3 is 10.6 Å². The minimum Gasteiger partial charge on any atom is -0.308 e. The molecule has 7 heteroatoms. The third kappa shape index (κ3) is 4.42. The van der Waals surface area contributed by atoms with Gasteiger partial charge in [-0.1, -0.05) is 60.7 Å². The van der Waals surface area contributed by atoms with E-state index >= 15 is 0 Å². The topological polar surface area (TPSA) is 87.3 Å². The van der Waals surface area contributed by atoms with Gasteiger partial charge in [0, 0.05) is 5.69 Å². The quantitative estimate of drug-likeness (QED) is 0.413. The highest BCUT2D eigenvalue weighted by Gasteiger charge is 2.17. The molecule has 0 unspecified atom stereocenters. The van der Waals surface area contributed by atoms with Crippen LogP contribution in [0.4, 0.5) is 21.9 Å². The number of rotatable bonds is 5. The van der Waals surface area contributed by atoms with E-state index in [0.29, 0.717) is 11.4 Å². The molecule has 0 aromatic heterocycles. The summed E-state index contributed by atoms with van der Waals surface area (Å²) >= 11 is 0. The smallest absolute Gasteiger partial charge is 0.308 e. The number of fused-ring (bicyclic) bond motifs is 1. The van der Waals surface area contributed by atoms with Gasteiger partial charge in [0.25, 0.3) is 10.0 Å². The fourth-order valence-electron chi connectivity index (χ4n) is 3.03. The fourth-order valence-corrected chi connectivity index (χ4v) is 4.14. The molecule has 30 heavy (non-hydrogen) atoms. The monoisotopic (exact) mass is 417 g/mol. The molecule has 4 rings (SSSR count). The lowest BCUT2D eigenvalue weighted by Gasteiger charge is -2.14. The molecule has 2 amide bonds. The Morgan fingerprint density at radius 3 is 2.03 bits per heavy atom. The second kappa shape index (κ2) is 8.26. The van der Waals surface area contributed by atoms with Gasteiger partial charge in [-0.3, -0.25) is 4.72 Å². The summed E-state index contributed by atoms with van der Waals surface area (Å²) < 4.78 is 28.4. The lowest BCUT2D eigenvalue weighted by Crippen LogP contribution is -2.21. The van der Waals surface area contributed by atoms with Crippen LogP contribution in [0.15, 0.2) is 102 Å². The SMILES string of the molecule is O=C(Nc1ccccc1)Nc1ccccc1NS(=O)(=O)c1ccc2ccccc2c1. The molecule has 0 aliphatic rings. The van der Waals surface area contributed by atoms with Crippen molar-refractivity contribution in [1.82, 2.24) is 0 Å². The van der Waals surface area contributed by atoms with E-state index in [2.05, 4.69) is 15.4 Å². The van der Waals surface area contributed by atoms with Gasteiger partial charge in [0.2, 0.25) is 0 Å². The van der Waals surface area contributed by atoms with E-state index in [1.54, 1.807) is 66.7 Å². The van der Waals surface area contributed by atoms with E-state index in [-0.39, 0.29) is 10.6 Å². The summed E-state index contributed by atoms with van der Waals surface area (Å²) in [4.78, 5) is 12.5. The van der Waals surface area contributed by atoms with Crippen LogP contribution in [0.1, 0.15) is 0 Å². The van der Waals surface area contributed by atoms with Crippen molar-refractivity contribution < 1.29 is 13.2 Å². The van der Waals surface area contributed by atoms with Crippen LogP contribution in [0.2, 0.25) is 0 Å². The molecule has 4 aromatic carbocycles. The van der Waals surface area contributed by atoms with Crippen molar-refractivity contribution in [2.45, 2.75) is 4.90 Å². The minimum atomic E-state index is -3.84. The van der Waals surface area contributed by atoms with Gasteiger partial charge in [-0.25, -0.2) is 13.2 Å². The third-order valence-corrected chi connectivity index (χ3v) is 5.85. The zero-order valence-corrected chi connectivity index (χ0v) is 16.7. The average Bonchev–Trinajstić information content (AvgIpc) is 2.75. The first kappa shape index (κ1) is 19.5. The van der Waals surface area contributed by atoms with Crippen molar-refractivity contribution in [3.05, 3.63) is 97.1 Å². The van der Waals surface area contributed by atoms with Gasteiger partial charge in [-0.2, -0.15) is 0 Å². The zero-order valence-electron chi connectivity index (χ0n) is 15.9. The van der Waals surface area contributed by atoms with Gasteiger partial charge in [0.1, 0.15) is 0 Å². The van der Waals surface area contributed by atoms with Crippen molar-refractivity contribution in [2.75, 3.05) is 15.4 Å². The van der Waals surface area contributed by atoms with E-state index in [9.17, 15) is 13.2 Å².